The van der Waals surface area contributed by atoms with Crippen LogP contribution >= 0.6 is 15.9 Å². The molecule has 2 rings (SSSR count). The second kappa shape index (κ2) is 6.22. The maximum atomic E-state index is 11.4. The number of hydrogen-bond acceptors (Lipinski definition) is 2. The molecule has 0 saturated carbocycles. The molecule has 0 spiro atoms. The van der Waals surface area contributed by atoms with Crippen LogP contribution in [0, 0.1) is 5.92 Å². The molecule has 106 valence electrons. The van der Waals surface area contributed by atoms with E-state index < -0.39 is 5.97 Å². The molecule has 1 N–H and O–H groups in total. The highest BCUT2D eigenvalue weighted by Gasteiger charge is 2.17. The molecule has 4 nitrogen and oxygen atoms in total. The Morgan fingerprint density at radius 1 is 1.45 bits per heavy atom. The Morgan fingerprint density at radius 3 is 2.80 bits per heavy atom. The van der Waals surface area contributed by atoms with Gasteiger partial charge in [0, 0.05) is 22.8 Å². The number of halogens is 1. The number of nitrogens with zero attached hydrogens (tertiary/aromatic N) is 2. The van der Waals surface area contributed by atoms with Crippen molar-refractivity contribution < 1.29 is 9.90 Å². The average Bonchev–Trinajstić information content (AvgIpc) is 2.80. The van der Waals surface area contributed by atoms with Crippen LogP contribution in [0.25, 0.3) is 11.3 Å². The monoisotopic (exact) mass is 336 g/mol. The summed E-state index contributed by atoms with van der Waals surface area (Å²) >= 11 is 3.40. The van der Waals surface area contributed by atoms with Gasteiger partial charge in [-0.2, -0.15) is 5.10 Å². The molecule has 1 aromatic heterocycles. The first-order valence-corrected chi connectivity index (χ1v) is 7.33. The van der Waals surface area contributed by atoms with Gasteiger partial charge in [-0.15, -0.1) is 0 Å². The van der Waals surface area contributed by atoms with E-state index in [1.54, 1.807) is 10.9 Å². The molecular weight excluding hydrogens is 320 g/mol. The van der Waals surface area contributed by atoms with Gasteiger partial charge < -0.3 is 5.11 Å². The van der Waals surface area contributed by atoms with Gasteiger partial charge in [-0.25, -0.2) is 4.79 Å². The van der Waals surface area contributed by atoms with Gasteiger partial charge in [0.25, 0.3) is 0 Å². The molecule has 0 aliphatic heterocycles. The van der Waals surface area contributed by atoms with Crippen LogP contribution in [0.15, 0.2) is 34.9 Å². The second-order valence-corrected chi connectivity index (χ2v) is 6.07. The van der Waals surface area contributed by atoms with Crippen molar-refractivity contribution in [3.63, 3.8) is 0 Å². The zero-order valence-corrected chi connectivity index (χ0v) is 13.1. The molecule has 1 heterocycles. The molecule has 1 aromatic carbocycles. The third-order valence-corrected chi connectivity index (χ3v) is 3.52. The third kappa shape index (κ3) is 3.48. The van der Waals surface area contributed by atoms with Crippen LogP contribution < -0.4 is 0 Å². The summed E-state index contributed by atoms with van der Waals surface area (Å²) in [6.45, 7) is 5.00. The lowest BCUT2D eigenvalue weighted by Gasteiger charge is -2.04. The van der Waals surface area contributed by atoms with Crippen molar-refractivity contribution in [3.8, 4) is 11.3 Å². The smallest absolute Gasteiger partial charge is 0.339 e. The lowest BCUT2D eigenvalue weighted by Crippen LogP contribution is -2.02. The van der Waals surface area contributed by atoms with Crippen LogP contribution in [-0.4, -0.2) is 20.9 Å². The van der Waals surface area contributed by atoms with Crippen LogP contribution in [-0.2, 0) is 6.54 Å². The van der Waals surface area contributed by atoms with Crippen molar-refractivity contribution in [2.75, 3.05) is 0 Å². The van der Waals surface area contributed by atoms with Crippen LogP contribution in [0.3, 0.4) is 0 Å². The summed E-state index contributed by atoms with van der Waals surface area (Å²) in [4.78, 5) is 11.4. The number of aryl methyl sites for hydroxylation is 1. The number of aromatic nitrogens is 2. The predicted octanol–water partition coefficient (Wildman–Crippen LogP) is 4.06. The number of carboxylic acids is 1. The number of carboxylic acid groups (broad SMARTS) is 1. The van der Waals surface area contributed by atoms with Crippen molar-refractivity contribution in [2.24, 2.45) is 5.92 Å². The second-order valence-electron chi connectivity index (χ2n) is 5.15. The predicted molar refractivity (Wildman–Crippen MR) is 81.8 cm³/mol. The van der Waals surface area contributed by atoms with Crippen molar-refractivity contribution in [2.45, 2.75) is 26.8 Å². The molecule has 0 bridgehead atoms. The normalized spacial score (nSPS) is 11.0. The highest BCUT2D eigenvalue weighted by Crippen LogP contribution is 2.25. The Labute approximate surface area is 126 Å². The molecule has 0 amide bonds. The zero-order chi connectivity index (χ0) is 14.7. The summed E-state index contributed by atoms with van der Waals surface area (Å²) in [6, 6.07) is 7.52. The summed E-state index contributed by atoms with van der Waals surface area (Å²) in [5.74, 6) is -0.391. The van der Waals surface area contributed by atoms with Gasteiger partial charge in [0.05, 0.1) is 0 Å². The fourth-order valence-electron chi connectivity index (χ4n) is 1.93. The van der Waals surface area contributed by atoms with Gasteiger partial charge >= 0.3 is 5.97 Å². The van der Waals surface area contributed by atoms with E-state index in [-0.39, 0.29) is 5.56 Å². The molecule has 0 atom stereocenters. The van der Waals surface area contributed by atoms with E-state index in [1.165, 1.54) is 0 Å². The molecule has 0 aliphatic carbocycles. The summed E-state index contributed by atoms with van der Waals surface area (Å²) in [6.07, 6.45) is 2.58. The molecule has 5 heteroatoms. The Kier molecular flexibility index (Phi) is 4.60. The average molecular weight is 337 g/mol. The zero-order valence-electron chi connectivity index (χ0n) is 11.5. The molecular formula is C15H17BrN2O2. The summed E-state index contributed by atoms with van der Waals surface area (Å²) in [7, 11) is 0. The van der Waals surface area contributed by atoms with E-state index in [1.807, 2.05) is 24.3 Å². The van der Waals surface area contributed by atoms with Gasteiger partial charge in [0.1, 0.15) is 11.3 Å². The quantitative estimate of drug-likeness (QED) is 0.895. The molecule has 0 unspecified atom stereocenters. The molecule has 0 fully saturated rings. The van der Waals surface area contributed by atoms with Crippen LogP contribution in [0.5, 0.6) is 0 Å². The minimum absolute atomic E-state index is 0.242. The standard InChI is InChI=1S/C15H17BrN2O2/c1-10(2)6-7-18-9-13(15(19)20)14(17-18)11-4-3-5-12(16)8-11/h3-5,8-10H,6-7H2,1-2H3,(H,19,20). The first-order chi connectivity index (χ1) is 9.47. The van der Waals surface area contributed by atoms with Crippen LogP contribution in [0.2, 0.25) is 0 Å². The summed E-state index contributed by atoms with van der Waals surface area (Å²) in [5, 5.41) is 13.8. The summed E-state index contributed by atoms with van der Waals surface area (Å²) in [5.41, 5.74) is 1.56. The van der Waals surface area contributed by atoms with Gasteiger partial charge in [0.2, 0.25) is 0 Å². The molecule has 0 aliphatic rings. The third-order valence-electron chi connectivity index (χ3n) is 3.03. The molecule has 0 saturated heterocycles. The number of carbonyl (C=O) groups is 1. The van der Waals surface area contributed by atoms with Gasteiger partial charge in [0.15, 0.2) is 0 Å². The minimum atomic E-state index is -0.948. The fourth-order valence-corrected chi connectivity index (χ4v) is 2.33. The van der Waals surface area contributed by atoms with Gasteiger partial charge in [-0.1, -0.05) is 41.9 Å². The first-order valence-electron chi connectivity index (χ1n) is 6.54. The summed E-state index contributed by atoms with van der Waals surface area (Å²) < 4.78 is 2.63. The largest absolute Gasteiger partial charge is 0.478 e. The Balaban J connectivity index is 2.38. The Bertz CT molecular complexity index is 620. The van der Waals surface area contributed by atoms with E-state index in [0.717, 1.165) is 23.0 Å². The van der Waals surface area contributed by atoms with E-state index >= 15 is 0 Å². The van der Waals surface area contributed by atoms with E-state index in [2.05, 4.69) is 34.9 Å². The number of aromatic carboxylic acids is 1. The van der Waals surface area contributed by atoms with E-state index in [0.29, 0.717) is 11.6 Å². The molecule has 20 heavy (non-hydrogen) atoms. The maximum absolute atomic E-state index is 11.4. The lowest BCUT2D eigenvalue weighted by atomic mass is 10.1. The van der Waals surface area contributed by atoms with Gasteiger partial charge in [-0.3, -0.25) is 4.68 Å². The van der Waals surface area contributed by atoms with Crippen LogP contribution in [0.1, 0.15) is 30.6 Å². The van der Waals surface area contributed by atoms with Gasteiger partial charge in [-0.05, 0) is 24.5 Å². The van der Waals surface area contributed by atoms with Crippen molar-refractivity contribution >= 4 is 21.9 Å². The SMILES string of the molecule is CC(C)CCn1cc(C(=O)O)c(-c2cccc(Br)c2)n1. The number of benzene rings is 1. The molecule has 0 radical (unpaired) electrons. The fraction of sp³-hybridized carbons (Fsp3) is 0.333. The lowest BCUT2D eigenvalue weighted by molar-refractivity contribution is 0.0697. The van der Waals surface area contributed by atoms with Crippen molar-refractivity contribution in [1.82, 2.24) is 9.78 Å². The van der Waals surface area contributed by atoms with Crippen LogP contribution in [0.4, 0.5) is 0 Å². The number of rotatable bonds is 5. The highest BCUT2D eigenvalue weighted by molar-refractivity contribution is 9.10. The minimum Gasteiger partial charge on any atom is -0.478 e. The Hall–Kier alpha value is -1.62. The molecule has 2 aromatic rings. The van der Waals surface area contributed by atoms with Crippen molar-refractivity contribution in [1.29, 1.82) is 0 Å². The highest BCUT2D eigenvalue weighted by atomic mass is 79.9. The van der Waals surface area contributed by atoms with Crippen molar-refractivity contribution in [3.05, 3.63) is 40.5 Å². The maximum Gasteiger partial charge on any atom is 0.339 e. The topological polar surface area (TPSA) is 55.1 Å². The number of hydrogen-bond donors (Lipinski definition) is 1. The Morgan fingerprint density at radius 2 is 2.20 bits per heavy atom. The van der Waals surface area contributed by atoms with E-state index in [9.17, 15) is 9.90 Å². The first kappa shape index (κ1) is 14.8. The van der Waals surface area contributed by atoms with E-state index in [4.69, 9.17) is 0 Å².